The van der Waals surface area contributed by atoms with E-state index in [1.54, 1.807) is 0 Å². The third-order valence-electron chi connectivity index (χ3n) is 12.3. The number of hydrogen-bond acceptors (Lipinski definition) is 7. The van der Waals surface area contributed by atoms with Crippen molar-refractivity contribution in [2.75, 3.05) is 40.9 Å². The first-order valence-electron chi connectivity index (χ1n) is 28.9. The van der Waals surface area contributed by atoms with Gasteiger partial charge in [-0.25, -0.2) is 0 Å². The average Bonchev–Trinajstić information content (AvgIpc) is 3.33. The predicted molar refractivity (Wildman–Crippen MR) is 302 cm³/mol. The van der Waals surface area contributed by atoms with Gasteiger partial charge in [-0.2, -0.15) is 0 Å². The monoisotopic (exact) mass is 1010 g/mol. The van der Waals surface area contributed by atoms with Crippen molar-refractivity contribution in [2.45, 2.75) is 251 Å². The third kappa shape index (κ3) is 51.9. The Balaban J connectivity index is 5.41. The average molecular weight is 1010 g/mol. The van der Waals surface area contributed by atoms with E-state index in [0.29, 0.717) is 23.9 Å². The van der Waals surface area contributed by atoms with Gasteiger partial charge in [-0.15, -0.1) is 0 Å². The zero-order valence-electron chi connectivity index (χ0n) is 46.7. The van der Waals surface area contributed by atoms with Gasteiger partial charge >= 0.3 is 5.97 Å². The second kappa shape index (κ2) is 50.7. The maximum atomic E-state index is 13.5. The second-order valence-electron chi connectivity index (χ2n) is 20.4. The fourth-order valence-corrected chi connectivity index (χ4v) is 8.57. The number of carbonyl (C=O) groups excluding carboxylic acids is 2. The van der Waals surface area contributed by atoms with Crippen molar-refractivity contribution in [1.29, 1.82) is 0 Å². The minimum atomic E-state index is -4.71. The SMILES string of the molecule is CC/C=C\C/C=C\C/C=C\C/C=C\C/C=C\CCCC(=O)NC(COP(=O)([O-])OCC[N+](C)(C)C)C(/C=C/CCCCCCCCCCC)OC(=O)CCCCCCCCC/C=C/CCCCCCCC. The highest BCUT2D eigenvalue weighted by Gasteiger charge is 2.27. The number of allylic oxidation sites excluding steroid dienone is 13. The Labute approximate surface area is 437 Å². The van der Waals surface area contributed by atoms with Gasteiger partial charge in [0.25, 0.3) is 7.82 Å². The van der Waals surface area contributed by atoms with Crippen LogP contribution >= 0.6 is 7.82 Å². The lowest BCUT2D eigenvalue weighted by Crippen LogP contribution is -2.47. The van der Waals surface area contributed by atoms with Gasteiger partial charge in [0.05, 0.1) is 33.8 Å². The molecule has 1 N–H and O–H groups in total. The number of esters is 1. The molecule has 0 fully saturated rings. The molecule has 1 amide bonds. The molecule has 410 valence electrons. The summed E-state index contributed by atoms with van der Waals surface area (Å²) in [4.78, 5) is 39.8. The number of amides is 1. The molecular weight excluding hydrogens is 904 g/mol. The summed E-state index contributed by atoms with van der Waals surface area (Å²) in [6.45, 7) is 6.66. The summed E-state index contributed by atoms with van der Waals surface area (Å²) < 4.78 is 30.2. The summed E-state index contributed by atoms with van der Waals surface area (Å²) >= 11 is 0. The third-order valence-corrected chi connectivity index (χ3v) is 13.3. The zero-order chi connectivity index (χ0) is 52.2. The molecule has 71 heavy (non-hydrogen) atoms. The van der Waals surface area contributed by atoms with Crippen molar-refractivity contribution in [1.82, 2.24) is 5.32 Å². The van der Waals surface area contributed by atoms with Crippen LogP contribution < -0.4 is 10.2 Å². The molecule has 0 aliphatic heterocycles. The van der Waals surface area contributed by atoms with E-state index in [-0.39, 0.29) is 31.3 Å². The Morgan fingerprint density at radius 1 is 0.507 bits per heavy atom. The molecule has 0 saturated carbocycles. The van der Waals surface area contributed by atoms with E-state index >= 15 is 0 Å². The maximum Gasteiger partial charge on any atom is 0.306 e. The summed E-state index contributed by atoms with van der Waals surface area (Å²) in [7, 11) is 1.14. The molecule has 0 radical (unpaired) electrons. The molecule has 0 aliphatic carbocycles. The zero-order valence-corrected chi connectivity index (χ0v) is 47.5. The lowest BCUT2D eigenvalue weighted by molar-refractivity contribution is -0.870. The molecule has 0 spiro atoms. The van der Waals surface area contributed by atoms with Gasteiger partial charge in [-0.05, 0) is 96.0 Å². The van der Waals surface area contributed by atoms with Gasteiger partial charge in [-0.3, -0.25) is 14.2 Å². The van der Waals surface area contributed by atoms with Crippen LogP contribution in [0.3, 0.4) is 0 Å². The van der Waals surface area contributed by atoms with Gasteiger partial charge in [0.1, 0.15) is 19.3 Å². The maximum absolute atomic E-state index is 13.5. The number of ether oxygens (including phenoxy) is 1. The molecule has 3 unspecified atom stereocenters. The highest BCUT2D eigenvalue weighted by Crippen LogP contribution is 2.38. The Bertz CT molecular complexity index is 1490. The predicted octanol–water partition coefficient (Wildman–Crippen LogP) is 16.8. The van der Waals surface area contributed by atoms with Crippen LogP contribution in [0.4, 0.5) is 0 Å². The van der Waals surface area contributed by atoms with Crippen molar-refractivity contribution in [2.24, 2.45) is 0 Å². The minimum absolute atomic E-state index is 0.0368. The van der Waals surface area contributed by atoms with Crippen molar-refractivity contribution < 1.29 is 37.3 Å². The van der Waals surface area contributed by atoms with Gasteiger partial charge in [0.2, 0.25) is 5.91 Å². The van der Waals surface area contributed by atoms with Crippen LogP contribution in [-0.4, -0.2) is 69.4 Å². The van der Waals surface area contributed by atoms with Crippen LogP contribution in [0.1, 0.15) is 239 Å². The fourth-order valence-electron chi connectivity index (χ4n) is 7.85. The van der Waals surface area contributed by atoms with Crippen LogP contribution in [0.15, 0.2) is 85.1 Å². The van der Waals surface area contributed by atoms with Crippen LogP contribution in [0.2, 0.25) is 0 Å². The number of carbonyl (C=O) groups is 2. The number of phosphoric acid groups is 1. The van der Waals surface area contributed by atoms with Gasteiger partial charge < -0.3 is 28.5 Å². The summed E-state index contributed by atoms with van der Waals surface area (Å²) in [6.07, 6.45) is 65.6. The first-order chi connectivity index (χ1) is 34.4. The molecule has 0 heterocycles. The first-order valence-corrected chi connectivity index (χ1v) is 30.4. The van der Waals surface area contributed by atoms with Crippen LogP contribution in [-0.2, 0) is 27.9 Å². The van der Waals surface area contributed by atoms with Crippen LogP contribution in [0.25, 0.3) is 0 Å². The minimum Gasteiger partial charge on any atom is -0.756 e. The molecule has 3 atom stereocenters. The van der Waals surface area contributed by atoms with Gasteiger partial charge in [0.15, 0.2) is 0 Å². The molecule has 0 bridgehead atoms. The van der Waals surface area contributed by atoms with E-state index in [2.05, 4.69) is 99.0 Å². The van der Waals surface area contributed by atoms with E-state index in [1.807, 2.05) is 33.3 Å². The topological polar surface area (TPSA) is 114 Å². The summed E-state index contributed by atoms with van der Waals surface area (Å²) in [5.41, 5.74) is 0. The molecule has 0 aliphatic rings. The highest BCUT2D eigenvalue weighted by atomic mass is 31.2. The molecule has 10 heteroatoms. The summed E-state index contributed by atoms with van der Waals surface area (Å²) in [6, 6.07) is -0.922. The molecule has 0 aromatic carbocycles. The van der Waals surface area contributed by atoms with E-state index < -0.39 is 26.6 Å². The smallest absolute Gasteiger partial charge is 0.306 e. The number of nitrogens with one attached hydrogen (secondary N) is 1. The molecule has 0 aromatic heterocycles. The van der Waals surface area contributed by atoms with Crippen molar-refractivity contribution >= 4 is 19.7 Å². The number of phosphoric ester groups is 1. The molecular formula is C61H109N2O7P. The van der Waals surface area contributed by atoms with Gasteiger partial charge in [0, 0.05) is 12.8 Å². The van der Waals surface area contributed by atoms with Crippen molar-refractivity contribution in [3.05, 3.63) is 85.1 Å². The number of rotatable bonds is 51. The Morgan fingerprint density at radius 2 is 0.915 bits per heavy atom. The number of hydrogen-bond donors (Lipinski definition) is 1. The summed E-state index contributed by atoms with van der Waals surface area (Å²) in [5.74, 6) is -0.618. The van der Waals surface area contributed by atoms with Crippen LogP contribution in [0, 0.1) is 0 Å². The summed E-state index contributed by atoms with van der Waals surface area (Å²) in [5, 5.41) is 2.98. The molecule has 0 rings (SSSR count). The quantitative estimate of drug-likeness (QED) is 0.0212. The standard InChI is InChI=1S/C61H109N2O7P/c1-7-10-13-16-19-22-25-27-29-31-33-35-38-41-44-47-50-53-60(64)62-58(57-69-71(66,67)68-56-55-63(4,5)6)59(52-49-46-43-40-37-24-21-18-15-12-9-3)70-61(65)54-51-48-45-42-39-36-34-32-30-28-26-23-20-17-14-11-8-2/h10,13,19,22,27-30,33,35,41,44,49,52,58-59H,7-9,11-12,14-18,20-21,23-26,31-32,34,36-40,42-43,45-48,50-51,53-57H2,1-6H3,(H-,62,64,66,67)/b13-10-,22-19-,29-27-,30-28+,35-33-,44-41-,52-49+. The number of quaternary nitrogens is 1. The molecule has 0 saturated heterocycles. The van der Waals surface area contributed by atoms with E-state index in [0.717, 1.165) is 83.5 Å². The largest absolute Gasteiger partial charge is 0.756 e. The molecule has 0 aromatic rings. The van der Waals surface area contributed by atoms with Gasteiger partial charge in [-0.1, -0.05) is 215 Å². The van der Waals surface area contributed by atoms with Crippen molar-refractivity contribution in [3.8, 4) is 0 Å². The fraction of sp³-hybridized carbons (Fsp3) is 0.738. The van der Waals surface area contributed by atoms with Crippen LogP contribution in [0.5, 0.6) is 0 Å². The number of nitrogens with zero attached hydrogens (tertiary/aromatic N) is 1. The van der Waals surface area contributed by atoms with Crippen molar-refractivity contribution in [3.63, 3.8) is 0 Å². The lowest BCUT2D eigenvalue weighted by atomic mass is 10.1. The Kier molecular flexibility index (Phi) is 48.7. The Morgan fingerprint density at radius 3 is 1.39 bits per heavy atom. The Hall–Kier alpha value is -2.81. The molecule has 9 nitrogen and oxygen atoms in total. The second-order valence-corrected chi connectivity index (χ2v) is 21.8. The lowest BCUT2D eigenvalue weighted by Gasteiger charge is -2.30. The normalized spacial score (nSPS) is 14.4. The number of unbranched alkanes of at least 4 members (excludes halogenated alkanes) is 23. The van der Waals surface area contributed by atoms with E-state index in [4.69, 9.17) is 13.8 Å². The van der Waals surface area contributed by atoms with E-state index in [9.17, 15) is 19.0 Å². The van der Waals surface area contributed by atoms with E-state index in [1.165, 1.54) is 109 Å². The highest BCUT2D eigenvalue weighted by molar-refractivity contribution is 7.45. The number of likely N-dealkylation sites (N-methyl/N-ethyl adjacent to an activating group) is 1. The first kappa shape index (κ1) is 68.2.